The number of benzene rings is 1. The Morgan fingerprint density at radius 3 is 2.65 bits per heavy atom. The number of carbonyl (C=O) groups excluding carboxylic acids is 1. The maximum absolute atomic E-state index is 11.2. The predicted octanol–water partition coefficient (Wildman–Crippen LogP) is 2.98. The molecule has 0 amide bonds. The zero-order valence-electron chi connectivity index (χ0n) is 9.75. The number of thiol groups is 1. The zero-order valence-corrected chi connectivity index (χ0v) is 11.5. The first-order valence-corrected chi connectivity index (χ1v) is 6.75. The maximum Gasteiger partial charge on any atom is 0.220 e. The minimum atomic E-state index is -0.519. The van der Waals surface area contributed by atoms with Gasteiger partial charge in [-0.25, -0.2) is 0 Å². The van der Waals surface area contributed by atoms with Gasteiger partial charge in [-0.1, -0.05) is 19.1 Å². The molecule has 0 aliphatic rings. The summed E-state index contributed by atoms with van der Waals surface area (Å²) in [4.78, 5) is 11.2. The molecule has 2 N–H and O–H groups in total. The van der Waals surface area contributed by atoms with Crippen molar-refractivity contribution in [1.29, 1.82) is 0 Å². The lowest BCUT2D eigenvalue weighted by molar-refractivity contribution is 0.108. The van der Waals surface area contributed by atoms with Crippen LogP contribution in [0, 0.1) is 0 Å². The molecule has 5 heteroatoms. The van der Waals surface area contributed by atoms with Crippen molar-refractivity contribution in [2.75, 3.05) is 0 Å². The van der Waals surface area contributed by atoms with Gasteiger partial charge < -0.3 is 10.2 Å². The second-order valence-electron chi connectivity index (χ2n) is 3.68. The average Bonchev–Trinajstić information content (AvgIpc) is 2.26. The second kappa shape index (κ2) is 6.33. The molecule has 1 rings (SSSR count). The Morgan fingerprint density at radius 1 is 1.53 bits per heavy atom. The molecule has 3 nitrogen and oxygen atoms in total. The van der Waals surface area contributed by atoms with Crippen LogP contribution in [0.5, 0.6) is 5.75 Å². The molecule has 0 aromatic heterocycles. The van der Waals surface area contributed by atoms with E-state index in [1.54, 1.807) is 19.1 Å². The SMILES string of the molecule is CCC(SC(C)O)c1cccc(C(=O)S)c1O. The highest BCUT2D eigenvalue weighted by Gasteiger charge is 2.19. The van der Waals surface area contributed by atoms with Crippen LogP contribution in [-0.2, 0) is 0 Å². The number of carbonyl (C=O) groups is 1. The lowest BCUT2D eigenvalue weighted by atomic mass is 10.0. The zero-order chi connectivity index (χ0) is 13.0. The first-order chi connectivity index (χ1) is 7.97. The third-order valence-electron chi connectivity index (χ3n) is 2.38. The number of para-hydroxylation sites is 1. The van der Waals surface area contributed by atoms with Crippen LogP contribution < -0.4 is 0 Å². The van der Waals surface area contributed by atoms with Crippen LogP contribution in [0.1, 0.15) is 41.4 Å². The molecule has 1 aromatic carbocycles. The molecular weight excluding hydrogens is 256 g/mol. The molecule has 0 aliphatic carbocycles. The van der Waals surface area contributed by atoms with Gasteiger partial charge in [0.2, 0.25) is 5.12 Å². The van der Waals surface area contributed by atoms with Crippen LogP contribution in [0.3, 0.4) is 0 Å². The van der Waals surface area contributed by atoms with Crippen LogP contribution in [-0.4, -0.2) is 20.8 Å². The molecule has 0 fully saturated rings. The Kier molecular flexibility index (Phi) is 5.36. The fraction of sp³-hybridized carbons (Fsp3) is 0.417. The van der Waals surface area contributed by atoms with Crippen LogP contribution in [0.25, 0.3) is 0 Å². The number of aliphatic hydroxyl groups is 1. The summed E-state index contributed by atoms with van der Waals surface area (Å²) in [5.74, 6) is -0.0347. The van der Waals surface area contributed by atoms with Crippen LogP contribution in [0.15, 0.2) is 18.2 Å². The van der Waals surface area contributed by atoms with E-state index < -0.39 is 10.6 Å². The highest BCUT2D eigenvalue weighted by Crippen LogP contribution is 2.40. The summed E-state index contributed by atoms with van der Waals surface area (Å²) in [5.41, 5.74) is 0.350. The fourth-order valence-electron chi connectivity index (χ4n) is 1.62. The van der Waals surface area contributed by atoms with E-state index in [4.69, 9.17) is 0 Å². The first-order valence-electron chi connectivity index (χ1n) is 5.36. The largest absolute Gasteiger partial charge is 0.507 e. The Bertz CT molecular complexity index is 405. The molecule has 0 bridgehead atoms. The smallest absolute Gasteiger partial charge is 0.220 e. The lowest BCUT2D eigenvalue weighted by Gasteiger charge is -2.18. The number of thioether (sulfide) groups is 1. The van der Waals surface area contributed by atoms with E-state index in [-0.39, 0.29) is 16.6 Å². The number of phenolic OH excluding ortho intramolecular Hbond substituents is 1. The highest BCUT2D eigenvalue weighted by atomic mass is 32.2. The van der Waals surface area contributed by atoms with Gasteiger partial charge in [0.25, 0.3) is 0 Å². The van der Waals surface area contributed by atoms with Crippen LogP contribution in [0.2, 0.25) is 0 Å². The molecule has 0 radical (unpaired) electrons. The molecule has 0 saturated heterocycles. The van der Waals surface area contributed by atoms with Gasteiger partial charge in [-0.2, -0.15) is 0 Å². The topological polar surface area (TPSA) is 57.5 Å². The summed E-state index contributed by atoms with van der Waals surface area (Å²) < 4.78 is 0. The molecule has 2 unspecified atom stereocenters. The van der Waals surface area contributed by atoms with Gasteiger partial charge in [-0.15, -0.1) is 24.4 Å². The number of hydrogen-bond donors (Lipinski definition) is 3. The van der Waals surface area contributed by atoms with E-state index in [2.05, 4.69) is 12.6 Å². The lowest BCUT2D eigenvalue weighted by Crippen LogP contribution is -2.02. The third kappa shape index (κ3) is 3.66. The summed E-state index contributed by atoms with van der Waals surface area (Å²) in [6, 6.07) is 5.01. The van der Waals surface area contributed by atoms with Crippen molar-refractivity contribution in [2.24, 2.45) is 0 Å². The second-order valence-corrected chi connectivity index (χ2v) is 5.61. The molecule has 0 spiro atoms. The maximum atomic E-state index is 11.2. The number of aromatic hydroxyl groups is 1. The highest BCUT2D eigenvalue weighted by molar-refractivity contribution is 7.99. The van der Waals surface area contributed by atoms with E-state index in [1.165, 1.54) is 17.8 Å². The molecule has 2 atom stereocenters. The summed E-state index contributed by atoms with van der Waals surface area (Å²) >= 11 is 5.06. The van der Waals surface area contributed by atoms with Crippen molar-refractivity contribution >= 4 is 29.5 Å². The Balaban J connectivity index is 3.11. The standard InChI is InChI=1S/C12H16O3S2/c1-3-10(17-7(2)13)8-5-4-6-9(11(8)14)12(15)16/h4-7,10,13-14H,3H2,1-2H3,(H,15,16). The fourth-order valence-corrected chi connectivity index (χ4v) is 2.81. The number of phenols is 1. The van der Waals surface area contributed by atoms with Crippen molar-refractivity contribution < 1.29 is 15.0 Å². The van der Waals surface area contributed by atoms with Gasteiger partial charge in [0.15, 0.2) is 0 Å². The third-order valence-corrected chi connectivity index (χ3v) is 3.93. The van der Waals surface area contributed by atoms with Crippen molar-refractivity contribution in [1.82, 2.24) is 0 Å². The Labute approximate surface area is 111 Å². The van der Waals surface area contributed by atoms with Crippen molar-refractivity contribution in [3.8, 4) is 5.75 Å². The Morgan fingerprint density at radius 2 is 2.18 bits per heavy atom. The first kappa shape index (κ1) is 14.4. The molecule has 0 heterocycles. The van der Waals surface area contributed by atoms with E-state index in [0.29, 0.717) is 5.56 Å². The van der Waals surface area contributed by atoms with E-state index >= 15 is 0 Å². The monoisotopic (exact) mass is 272 g/mol. The van der Waals surface area contributed by atoms with Crippen LogP contribution in [0.4, 0.5) is 0 Å². The molecule has 0 aliphatic heterocycles. The summed E-state index contributed by atoms with van der Waals surface area (Å²) in [5, 5.41) is 18.9. The quantitative estimate of drug-likeness (QED) is 0.570. The Hall–Kier alpha value is -0.650. The molecule has 1 aromatic rings. The van der Waals surface area contributed by atoms with Crippen molar-refractivity contribution in [2.45, 2.75) is 31.0 Å². The number of aliphatic hydroxyl groups excluding tert-OH is 1. The number of hydrogen-bond acceptors (Lipinski definition) is 4. The summed E-state index contributed by atoms with van der Waals surface area (Å²) in [7, 11) is 0. The number of rotatable bonds is 5. The van der Waals surface area contributed by atoms with Gasteiger partial charge in [0, 0.05) is 10.8 Å². The van der Waals surface area contributed by atoms with Crippen molar-refractivity contribution in [3.05, 3.63) is 29.3 Å². The molecule has 17 heavy (non-hydrogen) atoms. The summed E-state index contributed by atoms with van der Waals surface area (Å²) in [6.45, 7) is 3.65. The minimum Gasteiger partial charge on any atom is -0.507 e. The molecule has 94 valence electrons. The van der Waals surface area contributed by atoms with Crippen LogP contribution >= 0.6 is 24.4 Å². The van der Waals surface area contributed by atoms with E-state index in [1.807, 2.05) is 6.92 Å². The molecular formula is C12H16O3S2. The van der Waals surface area contributed by atoms with Gasteiger partial charge in [0.1, 0.15) is 5.75 Å². The average molecular weight is 272 g/mol. The normalized spacial score (nSPS) is 14.4. The van der Waals surface area contributed by atoms with Gasteiger partial charge in [-0.05, 0) is 19.4 Å². The minimum absolute atomic E-state index is 0.0347. The van der Waals surface area contributed by atoms with Crippen molar-refractivity contribution in [3.63, 3.8) is 0 Å². The summed E-state index contributed by atoms with van der Waals surface area (Å²) in [6.07, 6.45) is 0.757. The predicted molar refractivity (Wildman–Crippen MR) is 73.7 cm³/mol. The van der Waals surface area contributed by atoms with E-state index in [9.17, 15) is 15.0 Å². The van der Waals surface area contributed by atoms with E-state index in [0.717, 1.165) is 6.42 Å². The van der Waals surface area contributed by atoms with Gasteiger partial charge >= 0.3 is 0 Å². The van der Waals surface area contributed by atoms with Gasteiger partial charge in [0.05, 0.1) is 11.0 Å². The van der Waals surface area contributed by atoms with Gasteiger partial charge in [-0.3, -0.25) is 4.79 Å². The molecule has 0 saturated carbocycles.